The van der Waals surface area contributed by atoms with Crippen molar-refractivity contribution < 1.29 is 14.3 Å². The second-order valence-corrected chi connectivity index (χ2v) is 5.44. The van der Waals surface area contributed by atoms with E-state index in [0.717, 1.165) is 18.9 Å². The first-order valence-corrected chi connectivity index (χ1v) is 7.39. The van der Waals surface area contributed by atoms with Crippen LogP contribution >= 0.6 is 0 Å². The lowest BCUT2D eigenvalue weighted by atomic mass is 10.1. The average Bonchev–Trinajstić information content (AvgIpc) is 2.39. The highest BCUT2D eigenvalue weighted by Crippen LogP contribution is 2.05. The highest BCUT2D eigenvalue weighted by molar-refractivity contribution is 5.77. The number of rotatable bonds is 11. The molecule has 0 aliphatic heterocycles. The fourth-order valence-corrected chi connectivity index (χ4v) is 1.56. The maximum absolute atomic E-state index is 11.6. The van der Waals surface area contributed by atoms with Crippen LogP contribution in [0.25, 0.3) is 0 Å². The Morgan fingerprint density at radius 1 is 1.05 bits per heavy atom. The molecule has 0 spiro atoms. The molecule has 0 bridgehead atoms. The molecule has 0 saturated heterocycles. The highest BCUT2D eigenvalue weighted by Gasteiger charge is 2.11. The van der Waals surface area contributed by atoms with Crippen LogP contribution in [0, 0.1) is 11.8 Å². The third kappa shape index (κ3) is 9.91. The smallest absolute Gasteiger partial charge is 0.224 e. The van der Waals surface area contributed by atoms with E-state index < -0.39 is 0 Å². The quantitative estimate of drug-likeness (QED) is 0.543. The van der Waals surface area contributed by atoms with Crippen molar-refractivity contribution in [2.24, 2.45) is 11.8 Å². The van der Waals surface area contributed by atoms with Crippen molar-refractivity contribution in [3.05, 3.63) is 0 Å². The molecule has 0 aliphatic rings. The molecule has 0 aromatic carbocycles. The molecule has 0 radical (unpaired) electrons. The minimum absolute atomic E-state index is 0.0499. The SMILES string of the molecule is CCC(C)CCOCCOCCN(C)C(=O)C(C)C. The van der Waals surface area contributed by atoms with Crippen LogP contribution in [0.5, 0.6) is 0 Å². The number of carbonyl (C=O) groups is 1. The Hall–Kier alpha value is -0.610. The van der Waals surface area contributed by atoms with E-state index in [1.165, 1.54) is 6.42 Å². The molecule has 19 heavy (non-hydrogen) atoms. The van der Waals surface area contributed by atoms with Crippen LogP contribution in [0.1, 0.15) is 40.5 Å². The number of amides is 1. The van der Waals surface area contributed by atoms with Crippen molar-refractivity contribution in [2.45, 2.75) is 40.5 Å². The fourth-order valence-electron chi connectivity index (χ4n) is 1.56. The second kappa shape index (κ2) is 11.2. The van der Waals surface area contributed by atoms with Crippen LogP contribution in [0.4, 0.5) is 0 Å². The van der Waals surface area contributed by atoms with Gasteiger partial charge in [0, 0.05) is 26.1 Å². The molecule has 0 saturated carbocycles. The summed E-state index contributed by atoms with van der Waals surface area (Å²) < 4.78 is 10.9. The monoisotopic (exact) mass is 273 g/mol. The molecule has 0 N–H and O–H groups in total. The number of carbonyl (C=O) groups excluding carboxylic acids is 1. The van der Waals surface area contributed by atoms with Gasteiger partial charge in [0.25, 0.3) is 0 Å². The van der Waals surface area contributed by atoms with Crippen molar-refractivity contribution in [3.63, 3.8) is 0 Å². The third-order valence-corrected chi connectivity index (χ3v) is 3.27. The van der Waals surface area contributed by atoms with E-state index in [-0.39, 0.29) is 11.8 Å². The number of likely N-dealkylation sites (N-methyl/N-ethyl adjacent to an activating group) is 1. The topological polar surface area (TPSA) is 38.8 Å². The van der Waals surface area contributed by atoms with Crippen LogP contribution in [0.3, 0.4) is 0 Å². The number of hydrogen-bond donors (Lipinski definition) is 0. The molecule has 4 heteroatoms. The fraction of sp³-hybridized carbons (Fsp3) is 0.933. The molecule has 0 rings (SSSR count). The lowest BCUT2D eigenvalue weighted by molar-refractivity contribution is -0.133. The van der Waals surface area contributed by atoms with Crippen LogP contribution in [-0.2, 0) is 14.3 Å². The Balaban J connectivity index is 3.34. The zero-order chi connectivity index (χ0) is 14.7. The first kappa shape index (κ1) is 18.4. The average molecular weight is 273 g/mol. The van der Waals surface area contributed by atoms with Crippen LogP contribution in [0.2, 0.25) is 0 Å². The molecule has 1 unspecified atom stereocenters. The van der Waals surface area contributed by atoms with Gasteiger partial charge in [0.15, 0.2) is 0 Å². The summed E-state index contributed by atoms with van der Waals surface area (Å²) in [5.41, 5.74) is 0. The summed E-state index contributed by atoms with van der Waals surface area (Å²) in [5.74, 6) is 0.943. The highest BCUT2D eigenvalue weighted by atomic mass is 16.5. The summed E-state index contributed by atoms with van der Waals surface area (Å²) in [7, 11) is 1.81. The Labute approximate surface area is 118 Å². The van der Waals surface area contributed by atoms with Gasteiger partial charge < -0.3 is 14.4 Å². The Morgan fingerprint density at radius 2 is 1.63 bits per heavy atom. The predicted molar refractivity (Wildman–Crippen MR) is 78.2 cm³/mol. The van der Waals surface area contributed by atoms with Crippen molar-refractivity contribution >= 4 is 5.91 Å². The zero-order valence-corrected chi connectivity index (χ0v) is 13.3. The van der Waals surface area contributed by atoms with E-state index in [1.807, 2.05) is 20.9 Å². The van der Waals surface area contributed by atoms with Gasteiger partial charge in [-0.2, -0.15) is 0 Å². The summed E-state index contributed by atoms with van der Waals surface area (Å²) in [5, 5.41) is 0. The molecule has 0 heterocycles. The van der Waals surface area contributed by atoms with Gasteiger partial charge >= 0.3 is 0 Å². The molecule has 1 amide bonds. The van der Waals surface area contributed by atoms with Crippen molar-refractivity contribution in [2.75, 3.05) is 40.0 Å². The Kier molecular flexibility index (Phi) is 10.9. The summed E-state index contributed by atoms with van der Waals surface area (Å²) >= 11 is 0. The van der Waals surface area contributed by atoms with Gasteiger partial charge in [-0.15, -0.1) is 0 Å². The van der Waals surface area contributed by atoms with E-state index >= 15 is 0 Å². The van der Waals surface area contributed by atoms with Crippen molar-refractivity contribution in [1.29, 1.82) is 0 Å². The summed E-state index contributed by atoms with van der Waals surface area (Å²) in [6.45, 7) is 11.5. The summed E-state index contributed by atoms with van der Waals surface area (Å²) in [6.07, 6.45) is 2.32. The van der Waals surface area contributed by atoms with Gasteiger partial charge in [0.05, 0.1) is 19.8 Å². The first-order valence-electron chi connectivity index (χ1n) is 7.39. The number of hydrogen-bond acceptors (Lipinski definition) is 3. The second-order valence-electron chi connectivity index (χ2n) is 5.44. The molecule has 4 nitrogen and oxygen atoms in total. The lowest BCUT2D eigenvalue weighted by Gasteiger charge is -2.19. The van der Waals surface area contributed by atoms with Crippen molar-refractivity contribution in [1.82, 2.24) is 4.90 Å². The molecular formula is C15H31NO3. The van der Waals surface area contributed by atoms with Gasteiger partial charge in [-0.25, -0.2) is 0 Å². The zero-order valence-electron chi connectivity index (χ0n) is 13.3. The van der Waals surface area contributed by atoms with Gasteiger partial charge in [-0.05, 0) is 12.3 Å². The molecular weight excluding hydrogens is 242 g/mol. The normalized spacial score (nSPS) is 12.7. The standard InChI is InChI=1S/C15H31NO3/c1-6-14(4)7-9-18-11-12-19-10-8-16(5)15(17)13(2)3/h13-14H,6-12H2,1-5H3. The van der Waals surface area contributed by atoms with Gasteiger partial charge in [0.1, 0.15) is 0 Å². The number of nitrogens with zero attached hydrogens (tertiary/aromatic N) is 1. The maximum Gasteiger partial charge on any atom is 0.224 e. The number of ether oxygens (including phenoxy) is 2. The maximum atomic E-state index is 11.6. The molecule has 1 atom stereocenters. The van der Waals surface area contributed by atoms with Gasteiger partial charge in [-0.3, -0.25) is 4.79 Å². The largest absolute Gasteiger partial charge is 0.379 e. The molecule has 0 aromatic heterocycles. The van der Waals surface area contributed by atoms with Gasteiger partial charge in [0.2, 0.25) is 5.91 Å². The minimum Gasteiger partial charge on any atom is -0.379 e. The van der Waals surface area contributed by atoms with Crippen LogP contribution in [-0.4, -0.2) is 50.8 Å². The molecule has 114 valence electrons. The minimum atomic E-state index is 0.0499. The van der Waals surface area contributed by atoms with Gasteiger partial charge in [-0.1, -0.05) is 34.1 Å². The van der Waals surface area contributed by atoms with Crippen molar-refractivity contribution in [3.8, 4) is 0 Å². The first-order chi connectivity index (χ1) is 8.99. The Morgan fingerprint density at radius 3 is 2.16 bits per heavy atom. The van der Waals surface area contributed by atoms with Crippen LogP contribution in [0.15, 0.2) is 0 Å². The molecule has 0 fully saturated rings. The van der Waals surface area contributed by atoms with Crippen LogP contribution < -0.4 is 0 Å². The predicted octanol–water partition coefficient (Wildman–Crippen LogP) is 2.57. The van der Waals surface area contributed by atoms with E-state index in [1.54, 1.807) is 4.90 Å². The summed E-state index contributed by atoms with van der Waals surface area (Å²) in [6, 6.07) is 0. The molecule has 0 aromatic rings. The third-order valence-electron chi connectivity index (χ3n) is 3.27. The molecule has 0 aliphatic carbocycles. The lowest BCUT2D eigenvalue weighted by Crippen LogP contribution is -2.33. The van der Waals surface area contributed by atoms with E-state index in [4.69, 9.17) is 9.47 Å². The summed E-state index contributed by atoms with van der Waals surface area (Å²) in [4.78, 5) is 13.3. The van der Waals surface area contributed by atoms with E-state index in [9.17, 15) is 4.79 Å². The van der Waals surface area contributed by atoms with E-state index in [0.29, 0.717) is 26.4 Å². The van der Waals surface area contributed by atoms with E-state index in [2.05, 4.69) is 13.8 Å². The Bertz CT molecular complexity index is 231.